The van der Waals surface area contributed by atoms with Gasteiger partial charge in [-0.3, -0.25) is 9.59 Å². The number of amides is 1. The number of thiophene rings is 1. The Labute approximate surface area is 191 Å². The van der Waals surface area contributed by atoms with E-state index in [-0.39, 0.29) is 11.5 Å². The number of nitrogens with zero attached hydrogens (tertiary/aromatic N) is 3. The van der Waals surface area contributed by atoms with Crippen molar-refractivity contribution in [1.29, 1.82) is 0 Å². The minimum atomic E-state index is -0.261. The molecule has 0 aliphatic carbocycles. The van der Waals surface area contributed by atoms with Crippen LogP contribution in [0.5, 0.6) is 0 Å². The number of benzene rings is 2. The van der Waals surface area contributed by atoms with E-state index in [0.717, 1.165) is 22.5 Å². The second-order valence-corrected chi connectivity index (χ2v) is 9.14. The Hall–Kier alpha value is -3.56. The Bertz CT molecular complexity index is 1490. The van der Waals surface area contributed by atoms with E-state index >= 15 is 0 Å². The van der Waals surface area contributed by atoms with Gasteiger partial charge in [0, 0.05) is 16.1 Å². The molecule has 160 valence electrons. The Morgan fingerprint density at radius 3 is 2.81 bits per heavy atom. The monoisotopic (exact) mass is 461 g/mol. The molecule has 0 bridgehead atoms. The van der Waals surface area contributed by atoms with Crippen LogP contribution in [0.4, 0.5) is 10.8 Å². The third-order valence-electron chi connectivity index (χ3n) is 5.10. The molecule has 0 unspecified atom stereocenters. The van der Waals surface area contributed by atoms with E-state index < -0.39 is 0 Å². The molecular weight excluding hydrogens is 442 g/mol. The van der Waals surface area contributed by atoms with Crippen molar-refractivity contribution in [3.63, 3.8) is 0 Å². The Balaban J connectivity index is 1.46. The van der Waals surface area contributed by atoms with Gasteiger partial charge in [-0.15, -0.1) is 16.4 Å². The van der Waals surface area contributed by atoms with Crippen molar-refractivity contribution >= 4 is 55.3 Å². The van der Waals surface area contributed by atoms with E-state index in [4.69, 9.17) is 0 Å². The maximum Gasteiger partial charge on any atom is 0.283 e. The van der Waals surface area contributed by atoms with Gasteiger partial charge in [0.05, 0.1) is 17.4 Å². The van der Waals surface area contributed by atoms with E-state index in [9.17, 15) is 9.59 Å². The number of carbonyl (C=O) groups excluding carboxylic acids is 1. The van der Waals surface area contributed by atoms with Crippen LogP contribution in [0.25, 0.3) is 15.9 Å². The van der Waals surface area contributed by atoms with E-state index in [1.807, 2.05) is 35.7 Å². The lowest BCUT2D eigenvalue weighted by Gasteiger charge is -2.06. The highest BCUT2D eigenvalue weighted by Crippen LogP contribution is 2.25. The smallest absolute Gasteiger partial charge is 0.283 e. The van der Waals surface area contributed by atoms with Crippen LogP contribution in [0.3, 0.4) is 0 Å². The minimum Gasteiger partial charge on any atom is -0.347 e. The summed E-state index contributed by atoms with van der Waals surface area (Å²) in [6.07, 6.45) is 0.882. The molecule has 0 saturated heterocycles. The molecule has 0 aliphatic rings. The normalized spacial score (nSPS) is 11.2. The Morgan fingerprint density at radius 1 is 1.12 bits per heavy atom. The standard InChI is InChI=1S/C23H19N5O2S2/c1-2-14-6-3-4-8-18(14)25-22-27-28-21(30)17-10-9-15(12-19(17)26-23(28)32-22)20(29)24-13-16-7-5-11-31-16/h3-12H,2,13H2,1H3,(H,24,29)(H,25,27). The number of hydrogen-bond donors (Lipinski definition) is 2. The summed E-state index contributed by atoms with van der Waals surface area (Å²) in [6, 6.07) is 16.8. The summed E-state index contributed by atoms with van der Waals surface area (Å²) >= 11 is 2.88. The highest BCUT2D eigenvalue weighted by molar-refractivity contribution is 7.20. The van der Waals surface area contributed by atoms with Crippen LogP contribution >= 0.6 is 22.7 Å². The van der Waals surface area contributed by atoms with E-state index in [1.165, 1.54) is 15.9 Å². The summed E-state index contributed by atoms with van der Waals surface area (Å²) in [6.45, 7) is 2.55. The number of carbonyl (C=O) groups is 1. The molecule has 1 amide bonds. The van der Waals surface area contributed by atoms with Crippen molar-refractivity contribution in [2.45, 2.75) is 19.9 Å². The SMILES string of the molecule is CCc1ccccc1Nc1nn2c(=O)c3ccc(C(=O)NCc4cccs4)cc3nc2s1. The van der Waals surface area contributed by atoms with Crippen LogP contribution in [0.1, 0.15) is 27.7 Å². The van der Waals surface area contributed by atoms with Gasteiger partial charge < -0.3 is 10.6 Å². The van der Waals surface area contributed by atoms with Gasteiger partial charge in [0.1, 0.15) is 0 Å². The zero-order valence-electron chi connectivity index (χ0n) is 17.2. The Kier molecular flexibility index (Phi) is 5.42. The van der Waals surface area contributed by atoms with Crippen molar-refractivity contribution in [3.8, 4) is 0 Å². The van der Waals surface area contributed by atoms with Gasteiger partial charge in [-0.2, -0.15) is 4.52 Å². The van der Waals surface area contributed by atoms with Gasteiger partial charge in [-0.05, 0) is 47.7 Å². The molecule has 0 radical (unpaired) electrons. The zero-order chi connectivity index (χ0) is 22.1. The number of aryl methyl sites for hydroxylation is 1. The quantitative estimate of drug-likeness (QED) is 0.386. The first-order chi connectivity index (χ1) is 15.6. The van der Waals surface area contributed by atoms with Crippen molar-refractivity contribution in [2.75, 3.05) is 5.32 Å². The first kappa shape index (κ1) is 20.3. The van der Waals surface area contributed by atoms with Crippen LogP contribution in [0.15, 0.2) is 64.8 Å². The third-order valence-corrected chi connectivity index (χ3v) is 6.80. The molecule has 7 nitrogen and oxygen atoms in total. The molecular formula is C23H19N5O2S2. The molecule has 0 fully saturated rings. The lowest BCUT2D eigenvalue weighted by Crippen LogP contribution is -2.22. The number of fused-ring (bicyclic) bond motifs is 2. The van der Waals surface area contributed by atoms with E-state index in [2.05, 4.69) is 33.7 Å². The van der Waals surface area contributed by atoms with Crippen molar-refractivity contribution in [3.05, 3.63) is 86.3 Å². The fraction of sp³-hybridized carbons (Fsp3) is 0.130. The number of nitrogens with one attached hydrogen (secondary N) is 2. The van der Waals surface area contributed by atoms with Gasteiger partial charge in [-0.1, -0.05) is 42.5 Å². The van der Waals surface area contributed by atoms with Crippen LogP contribution in [-0.4, -0.2) is 20.5 Å². The fourth-order valence-electron chi connectivity index (χ4n) is 3.45. The molecule has 3 heterocycles. The van der Waals surface area contributed by atoms with Crippen molar-refractivity contribution in [1.82, 2.24) is 19.9 Å². The van der Waals surface area contributed by atoms with Gasteiger partial charge in [0.2, 0.25) is 10.1 Å². The van der Waals surface area contributed by atoms with E-state index in [1.54, 1.807) is 29.5 Å². The molecule has 0 spiro atoms. The summed E-state index contributed by atoms with van der Waals surface area (Å²) < 4.78 is 1.31. The van der Waals surface area contributed by atoms with Gasteiger partial charge in [0.25, 0.3) is 11.5 Å². The van der Waals surface area contributed by atoms with Gasteiger partial charge in [-0.25, -0.2) is 4.98 Å². The number of rotatable bonds is 6. The molecule has 3 aromatic heterocycles. The first-order valence-corrected chi connectivity index (χ1v) is 11.8. The average Bonchev–Trinajstić information content (AvgIpc) is 3.47. The minimum absolute atomic E-state index is 0.204. The first-order valence-electron chi connectivity index (χ1n) is 10.1. The molecule has 32 heavy (non-hydrogen) atoms. The number of hydrogen-bond acceptors (Lipinski definition) is 7. The van der Waals surface area contributed by atoms with Crippen LogP contribution in [-0.2, 0) is 13.0 Å². The van der Waals surface area contributed by atoms with Crippen molar-refractivity contribution < 1.29 is 4.79 Å². The molecule has 9 heteroatoms. The zero-order valence-corrected chi connectivity index (χ0v) is 18.8. The second kappa shape index (κ2) is 8.52. The molecule has 5 rings (SSSR count). The van der Waals surface area contributed by atoms with Gasteiger partial charge >= 0.3 is 0 Å². The average molecular weight is 462 g/mol. The summed E-state index contributed by atoms with van der Waals surface area (Å²) in [5.74, 6) is -0.204. The van der Waals surface area contributed by atoms with Gasteiger partial charge in [0.15, 0.2) is 0 Å². The Morgan fingerprint density at radius 2 is 2.00 bits per heavy atom. The maximum atomic E-state index is 13.0. The lowest BCUT2D eigenvalue weighted by molar-refractivity contribution is 0.0951. The van der Waals surface area contributed by atoms with Crippen molar-refractivity contribution in [2.24, 2.45) is 0 Å². The summed E-state index contributed by atoms with van der Waals surface area (Å²) in [4.78, 5) is 31.7. The van der Waals surface area contributed by atoms with E-state index in [0.29, 0.717) is 33.1 Å². The molecule has 0 atom stereocenters. The largest absolute Gasteiger partial charge is 0.347 e. The number of aromatic nitrogens is 3. The highest BCUT2D eigenvalue weighted by Gasteiger charge is 2.14. The molecule has 2 N–H and O–H groups in total. The predicted octanol–water partition coefficient (Wildman–Crippen LogP) is 4.60. The summed E-state index contributed by atoms with van der Waals surface area (Å²) in [5.41, 5.74) is 2.79. The molecule has 2 aromatic carbocycles. The van der Waals surface area contributed by atoms with Crippen LogP contribution < -0.4 is 16.2 Å². The highest BCUT2D eigenvalue weighted by atomic mass is 32.1. The number of para-hydroxylation sites is 1. The molecule has 0 saturated carbocycles. The summed E-state index contributed by atoms with van der Waals surface area (Å²) in [5, 5.41) is 13.6. The summed E-state index contributed by atoms with van der Waals surface area (Å²) in [7, 11) is 0. The second-order valence-electron chi connectivity index (χ2n) is 7.15. The fourth-order valence-corrected chi connectivity index (χ4v) is 4.90. The lowest BCUT2D eigenvalue weighted by atomic mass is 10.1. The topological polar surface area (TPSA) is 88.4 Å². The maximum absolute atomic E-state index is 13.0. The molecule has 5 aromatic rings. The van der Waals surface area contributed by atoms with Crippen LogP contribution in [0, 0.1) is 0 Å². The van der Waals surface area contributed by atoms with Crippen LogP contribution in [0.2, 0.25) is 0 Å². The predicted molar refractivity (Wildman–Crippen MR) is 129 cm³/mol. The molecule has 0 aliphatic heterocycles. The third kappa shape index (κ3) is 3.88. The number of anilines is 2.